The van der Waals surface area contributed by atoms with Crippen molar-refractivity contribution in [2.75, 3.05) is 0 Å². The Kier molecular flexibility index (Phi) is 5.87. The number of aryl methyl sites for hydroxylation is 1. The second kappa shape index (κ2) is 8.14. The van der Waals surface area contributed by atoms with Crippen LogP contribution in [0.3, 0.4) is 0 Å². The number of ether oxygens (including phenoxy) is 1. The third-order valence-electron chi connectivity index (χ3n) is 3.16. The summed E-state index contributed by atoms with van der Waals surface area (Å²) in [7, 11) is 0. The van der Waals surface area contributed by atoms with E-state index in [0.717, 1.165) is 18.6 Å². The Morgan fingerprint density at radius 1 is 1.00 bits per heavy atom. The molecule has 0 unspecified atom stereocenters. The van der Waals surface area contributed by atoms with Gasteiger partial charge in [-0.3, -0.25) is 0 Å². The summed E-state index contributed by atoms with van der Waals surface area (Å²) in [6.45, 7) is 4.74. The van der Waals surface area contributed by atoms with Gasteiger partial charge in [0.1, 0.15) is 12.4 Å². The summed E-state index contributed by atoms with van der Waals surface area (Å²) in [5, 5.41) is 0. The molecule has 0 fully saturated rings. The topological polar surface area (TPSA) is 9.23 Å². The highest BCUT2D eigenvalue weighted by Gasteiger charge is 2.02. The van der Waals surface area contributed by atoms with Crippen molar-refractivity contribution in [3.8, 4) is 5.75 Å². The summed E-state index contributed by atoms with van der Waals surface area (Å²) in [6.07, 6.45) is 4.06. The van der Waals surface area contributed by atoms with Crippen molar-refractivity contribution in [1.29, 1.82) is 0 Å². The molecule has 1 nitrogen and oxygen atoms in total. The van der Waals surface area contributed by atoms with Gasteiger partial charge in [0.2, 0.25) is 0 Å². The number of hydrogen-bond acceptors (Lipinski definition) is 1. The fraction of sp³-hybridized carbons (Fsp3) is 0.250. The standard InChI is InChI=1S/C20H22O/c1-17(2)10-6-7-13-19-14-8-9-15-20(19)21-16-18-11-4-3-5-12-18/h3-6,8-9,11-12,14-15H,7,13,16H2,1-2H3. The van der Waals surface area contributed by atoms with Crippen LogP contribution in [-0.2, 0) is 13.0 Å². The molecule has 0 radical (unpaired) electrons. The monoisotopic (exact) mass is 278 g/mol. The lowest BCUT2D eigenvalue weighted by Crippen LogP contribution is -1.98. The molecule has 0 saturated carbocycles. The molecule has 2 rings (SSSR count). The molecule has 0 saturated heterocycles. The summed E-state index contributed by atoms with van der Waals surface area (Å²) >= 11 is 0. The summed E-state index contributed by atoms with van der Waals surface area (Å²) in [5.41, 5.74) is 6.90. The van der Waals surface area contributed by atoms with E-state index < -0.39 is 0 Å². The lowest BCUT2D eigenvalue weighted by atomic mass is 10.1. The third kappa shape index (κ3) is 5.33. The van der Waals surface area contributed by atoms with Crippen LogP contribution in [-0.4, -0.2) is 0 Å². The molecule has 0 aliphatic carbocycles. The van der Waals surface area contributed by atoms with E-state index in [1.54, 1.807) is 0 Å². The minimum Gasteiger partial charge on any atom is -0.489 e. The minimum absolute atomic E-state index is 0.613. The normalized spacial score (nSPS) is 9.81. The number of allylic oxidation sites excluding steroid dienone is 1. The van der Waals surface area contributed by atoms with E-state index in [9.17, 15) is 0 Å². The molecular formula is C20H22O. The van der Waals surface area contributed by atoms with E-state index in [0.29, 0.717) is 6.61 Å². The predicted octanol–water partition coefficient (Wildman–Crippen LogP) is 5.32. The lowest BCUT2D eigenvalue weighted by molar-refractivity contribution is 0.303. The first kappa shape index (κ1) is 15.2. The molecule has 1 heteroatoms. The minimum atomic E-state index is 0.613. The van der Waals surface area contributed by atoms with Gasteiger partial charge in [-0.05, 0) is 55.5 Å². The maximum atomic E-state index is 5.96. The zero-order valence-corrected chi connectivity index (χ0v) is 12.8. The van der Waals surface area contributed by atoms with Gasteiger partial charge in [0.25, 0.3) is 0 Å². The zero-order chi connectivity index (χ0) is 14.9. The van der Waals surface area contributed by atoms with Crippen molar-refractivity contribution in [2.45, 2.75) is 33.3 Å². The van der Waals surface area contributed by atoms with Gasteiger partial charge in [0.05, 0.1) is 0 Å². The first-order valence-electron chi connectivity index (χ1n) is 7.38. The fourth-order valence-electron chi connectivity index (χ4n) is 2.09. The molecule has 0 aliphatic heterocycles. The summed E-state index contributed by atoms with van der Waals surface area (Å²) < 4.78 is 5.96. The fourth-order valence-corrected chi connectivity index (χ4v) is 2.09. The maximum absolute atomic E-state index is 5.96. The second-order valence-corrected chi connectivity index (χ2v) is 5.27. The summed E-state index contributed by atoms with van der Waals surface area (Å²) in [4.78, 5) is 0. The zero-order valence-electron chi connectivity index (χ0n) is 12.8. The Balaban J connectivity index is 1.98. The van der Waals surface area contributed by atoms with E-state index in [4.69, 9.17) is 4.74 Å². The van der Waals surface area contributed by atoms with Crippen LogP contribution in [0.2, 0.25) is 0 Å². The maximum Gasteiger partial charge on any atom is 0.123 e. The predicted molar refractivity (Wildman–Crippen MR) is 88.5 cm³/mol. The molecular weight excluding hydrogens is 256 g/mol. The Morgan fingerprint density at radius 2 is 1.71 bits per heavy atom. The lowest BCUT2D eigenvalue weighted by Gasteiger charge is -2.10. The molecule has 2 aromatic rings. The SMILES string of the molecule is CC(C)=C=CCCc1ccccc1OCc1ccccc1. The summed E-state index contributed by atoms with van der Waals surface area (Å²) in [5.74, 6) is 0.979. The van der Waals surface area contributed by atoms with E-state index in [1.807, 2.05) is 30.3 Å². The molecule has 21 heavy (non-hydrogen) atoms. The summed E-state index contributed by atoms with van der Waals surface area (Å²) in [6, 6.07) is 18.5. The molecule has 0 aliphatic rings. The van der Waals surface area contributed by atoms with Crippen LogP contribution in [0, 0.1) is 0 Å². The quantitative estimate of drug-likeness (QED) is 0.650. The highest BCUT2D eigenvalue weighted by Crippen LogP contribution is 2.21. The molecule has 0 atom stereocenters. The van der Waals surface area contributed by atoms with Gasteiger partial charge in [0, 0.05) is 0 Å². The van der Waals surface area contributed by atoms with E-state index in [-0.39, 0.29) is 0 Å². The molecule has 0 spiro atoms. The van der Waals surface area contributed by atoms with E-state index in [2.05, 4.69) is 49.9 Å². The van der Waals surface area contributed by atoms with Gasteiger partial charge in [0.15, 0.2) is 0 Å². The Morgan fingerprint density at radius 3 is 2.48 bits per heavy atom. The molecule has 0 heterocycles. The van der Waals surface area contributed by atoms with Gasteiger partial charge in [-0.15, -0.1) is 5.73 Å². The Labute approximate surface area is 127 Å². The van der Waals surface area contributed by atoms with Crippen molar-refractivity contribution in [3.05, 3.63) is 83.1 Å². The van der Waals surface area contributed by atoms with Crippen LogP contribution in [0.25, 0.3) is 0 Å². The smallest absolute Gasteiger partial charge is 0.123 e. The molecule has 0 N–H and O–H groups in total. The molecule has 0 bridgehead atoms. The molecule has 2 aromatic carbocycles. The van der Waals surface area contributed by atoms with Crippen molar-refractivity contribution >= 4 is 0 Å². The van der Waals surface area contributed by atoms with Gasteiger partial charge in [-0.25, -0.2) is 0 Å². The van der Waals surface area contributed by atoms with E-state index in [1.165, 1.54) is 16.7 Å². The third-order valence-corrected chi connectivity index (χ3v) is 3.16. The van der Waals surface area contributed by atoms with Gasteiger partial charge < -0.3 is 4.74 Å². The number of hydrogen-bond donors (Lipinski definition) is 0. The molecule has 108 valence electrons. The van der Waals surface area contributed by atoms with Crippen molar-refractivity contribution in [3.63, 3.8) is 0 Å². The second-order valence-electron chi connectivity index (χ2n) is 5.27. The number of para-hydroxylation sites is 1. The van der Waals surface area contributed by atoms with Crippen LogP contribution < -0.4 is 4.74 Å². The van der Waals surface area contributed by atoms with Crippen molar-refractivity contribution in [1.82, 2.24) is 0 Å². The van der Waals surface area contributed by atoms with Crippen molar-refractivity contribution in [2.24, 2.45) is 0 Å². The van der Waals surface area contributed by atoms with Gasteiger partial charge >= 0.3 is 0 Å². The van der Waals surface area contributed by atoms with Crippen LogP contribution >= 0.6 is 0 Å². The average Bonchev–Trinajstić information content (AvgIpc) is 2.51. The van der Waals surface area contributed by atoms with Crippen LogP contribution in [0.4, 0.5) is 0 Å². The average molecular weight is 278 g/mol. The van der Waals surface area contributed by atoms with Crippen LogP contribution in [0.1, 0.15) is 31.4 Å². The van der Waals surface area contributed by atoms with Crippen LogP contribution in [0.5, 0.6) is 5.75 Å². The first-order valence-corrected chi connectivity index (χ1v) is 7.38. The first-order chi connectivity index (χ1) is 10.3. The van der Waals surface area contributed by atoms with Crippen molar-refractivity contribution < 1.29 is 4.74 Å². The van der Waals surface area contributed by atoms with Crippen LogP contribution in [0.15, 0.2) is 72.0 Å². The Bertz CT molecular complexity index is 615. The molecule has 0 aromatic heterocycles. The Hall–Kier alpha value is -2.24. The van der Waals surface area contributed by atoms with E-state index >= 15 is 0 Å². The number of benzene rings is 2. The van der Waals surface area contributed by atoms with Gasteiger partial charge in [-0.2, -0.15) is 0 Å². The number of rotatable bonds is 6. The largest absolute Gasteiger partial charge is 0.489 e. The van der Waals surface area contributed by atoms with Gasteiger partial charge in [-0.1, -0.05) is 48.5 Å². The highest BCUT2D eigenvalue weighted by atomic mass is 16.5. The highest BCUT2D eigenvalue weighted by molar-refractivity contribution is 5.34. The molecule has 0 amide bonds.